The van der Waals surface area contributed by atoms with Gasteiger partial charge in [-0.2, -0.15) is 13.2 Å². The molecule has 0 fully saturated rings. The highest BCUT2D eigenvalue weighted by Gasteiger charge is 2.30. The van der Waals surface area contributed by atoms with E-state index in [0.717, 1.165) is 12.1 Å². The molecule has 2 rings (SSSR count). The lowest BCUT2D eigenvalue weighted by Gasteiger charge is -2.17. The van der Waals surface area contributed by atoms with Crippen molar-refractivity contribution in [1.82, 2.24) is 5.16 Å². The van der Waals surface area contributed by atoms with Gasteiger partial charge in [0.1, 0.15) is 5.76 Å². The summed E-state index contributed by atoms with van der Waals surface area (Å²) in [5.41, 5.74) is -0.556. The molecule has 0 aliphatic carbocycles. The van der Waals surface area contributed by atoms with Gasteiger partial charge in [-0.3, -0.25) is 14.5 Å². The number of hydrogen-bond acceptors (Lipinski definition) is 4. The van der Waals surface area contributed by atoms with Crippen LogP contribution in [0.4, 0.5) is 24.7 Å². The van der Waals surface area contributed by atoms with E-state index in [1.165, 1.54) is 24.0 Å². The van der Waals surface area contributed by atoms with Crippen LogP contribution in [0, 0.1) is 6.92 Å². The predicted molar refractivity (Wildman–Crippen MR) is 84.0 cm³/mol. The minimum atomic E-state index is -4.43. The normalized spacial score (nSPS) is 11.2. The summed E-state index contributed by atoms with van der Waals surface area (Å²) < 4.78 is 42.4. The van der Waals surface area contributed by atoms with Crippen molar-refractivity contribution in [2.75, 3.05) is 16.8 Å². The zero-order valence-corrected chi connectivity index (χ0v) is 13.6. The second-order valence-corrected chi connectivity index (χ2v) is 5.34. The molecular weight excluding hydrogens is 339 g/mol. The van der Waals surface area contributed by atoms with Gasteiger partial charge in [-0.05, 0) is 31.2 Å². The molecule has 2 amide bonds. The molecule has 0 unspecified atom stereocenters. The van der Waals surface area contributed by atoms with Crippen molar-refractivity contribution in [1.29, 1.82) is 0 Å². The van der Waals surface area contributed by atoms with Gasteiger partial charge in [0.2, 0.25) is 11.8 Å². The van der Waals surface area contributed by atoms with E-state index in [1.807, 2.05) is 0 Å². The van der Waals surface area contributed by atoms with E-state index in [4.69, 9.17) is 4.52 Å². The summed E-state index contributed by atoms with van der Waals surface area (Å²) in [5.74, 6) is 0.0737. The zero-order valence-electron chi connectivity index (χ0n) is 13.6. The summed E-state index contributed by atoms with van der Waals surface area (Å²) in [6.07, 6.45) is -4.48. The quantitative estimate of drug-likeness (QED) is 0.892. The lowest BCUT2D eigenvalue weighted by atomic mass is 10.2. The van der Waals surface area contributed by atoms with Gasteiger partial charge in [0, 0.05) is 31.6 Å². The number of hydrogen-bond donors (Lipinski definition) is 1. The topological polar surface area (TPSA) is 75.4 Å². The first-order chi connectivity index (χ1) is 11.7. The van der Waals surface area contributed by atoms with Crippen LogP contribution in [0.2, 0.25) is 0 Å². The smallest absolute Gasteiger partial charge is 0.360 e. The molecule has 134 valence electrons. The number of nitrogens with one attached hydrogen (secondary N) is 1. The third kappa shape index (κ3) is 5.07. The molecule has 0 spiro atoms. The maximum absolute atomic E-state index is 12.5. The average Bonchev–Trinajstić information content (AvgIpc) is 2.93. The van der Waals surface area contributed by atoms with Crippen LogP contribution in [0.3, 0.4) is 0 Å². The summed E-state index contributed by atoms with van der Waals surface area (Å²) in [6.45, 7) is 3.07. The van der Waals surface area contributed by atoms with Crippen LogP contribution in [-0.2, 0) is 15.8 Å². The van der Waals surface area contributed by atoms with E-state index >= 15 is 0 Å². The van der Waals surface area contributed by atoms with Gasteiger partial charge in [-0.1, -0.05) is 5.16 Å². The molecule has 9 heteroatoms. The monoisotopic (exact) mass is 355 g/mol. The van der Waals surface area contributed by atoms with Crippen molar-refractivity contribution in [3.05, 3.63) is 41.7 Å². The Balaban J connectivity index is 1.94. The molecule has 0 atom stereocenters. The van der Waals surface area contributed by atoms with Crippen molar-refractivity contribution in [3.8, 4) is 0 Å². The minimum absolute atomic E-state index is 0.0491. The number of rotatable bonds is 5. The summed E-state index contributed by atoms with van der Waals surface area (Å²) in [5, 5.41) is 6.21. The van der Waals surface area contributed by atoms with Crippen LogP contribution in [-0.4, -0.2) is 23.5 Å². The van der Waals surface area contributed by atoms with Crippen molar-refractivity contribution < 1.29 is 27.3 Å². The van der Waals surface area contributed by atoms with E-state index in [0.29, 0.717) is 11.6 Å². The summed E-state index contributed by atoms with van der Waals surface area (Å²) in [7, 11) is 0. The third-order valence-electron chi connectivity index (χ3n) is 3.33. The number of aryl methyl sites for hydroxylation is 1. The molecule has 1 aromatic heterocycles. The van der Waals surface area contributed by atoms with Gasteiger partial charge in [-0.25, -0.2) is 0 Å². The van der Waals surface area contributed by atoms with Gasteiger partial charge in [0.15, 0.2) is 5.82 Å². The molecule has 0 aliphatic heterocycles. The van der Waals surface area contributed by atoms with Gasteiger partial charge >= 0.3 is 6.18 Å². The molecule has 0 bridgehead atoms. The van der Waals surface area contributed by atoms with Crippen LogP contribution in [0.25, 0.3) is 0 Å². The highest BCUT2D eigenvalue weighted by atomic mass is 19.4. The Morgan fingerprint density at radius 3 is 2.36 bits per heavy atom. The lowest BCUT2D eigenvalue weighted by molar-refractivity contribution is -0.137. The van der Waals surface area contributed by atoms with E-state index in [-0.39, 0.29) is 24.6 Å². The first kappa shape index (κ1) is 18.5. The van der Waals surface area contributed by atoms with Crippen LogP contribution < -0.4 is 10.2 Å². The molecular formula is C16H16F3N3O3. The standard InChI is InChI=1S/C16H16F3N3O3/c1-10-9-14(21-25-10)22(11(2)23)8-7-15(24)20-13-5-3-12(4-6-13)16(17,18)19/h3-6,9H,7-8H2,1-2H3,(H,20,24). The Labute approximate surface area is 141 Å². The SMILES string of the molecule is CC(=O)N(CCC(=O)Nc1ccc(C(F)(F)F)cc1)c1cc(C)on1. The summed E-state index contributed by atoms with van der Waals surface area (Å²) >= 11 is 0. The molecule has 1 N–H and O–H groups in total. The summed E-state index contributed by atoms with van der Waals surface area (Å²) in [4.78, 5) is 24.9. The fourth-order valence-electron chi connectivity index (χ4n) is 2.09. The third-order valence-corrected chi connectivity index (χ3v) is 3.33. The van der Waals surface area contributed by atoms with Crippen molar-refractivity contribution in [2.45, 2.75) is 26.4 Å². The first-order valence-corrected chi connectivity index (χ1v) is 7.35. The van der Waals surface area contributed by atoms with Gasteiger partial charge in [0.25, 0.3) is 0 Å². The molecule has 1 heterocycles. The van der Waals surface area contributed by atoms with E-state index in [1.54, 1.807) is 13.0 Å². The van der Waals surface area contributed by atoms with Crippen molar-refractivity contribution >= 4 is 23.3 Å². The lowest BCUT2D eigenvalue weighted by Crippen LogP contribution is -2.32. The van der Waals surface area contributed by atoms with Crippen LogP contribution >= 0.6 is 0 Å². The number of alkyl halides is 3. The molecule has 25 heavy (non-hydrogen) atoms. The van der Waals surface area contributed by atoms with Crippen molar-refractivity contribution in [2.24, 2.45) is 0 Å². The van der Waals surface area contributed by atoms with Gasteiger partial charge < -0.3 is 9.84 Å². The number of halogens is 3. The number of benzene rings is 1. The van der Waals surface area contributed by atoms with E-state index in [9.17, 15) is 22.8 Å². The maximum atomic E-state index is 12.5. The Kier molecular flexibility index (Phi) is 5.45. The molecule has 2 aromatic rings. The molecule has 0 saturated carbocycles. The van der Waals surface area contributed by atoms with E-state index in [2.05, 4.69) is 10.5 Å². The Hall–Kier alpha value is -2.84. The van der Waals surface area contributed by atoms with Crippen LogP contribution in [0.1, 0.15) is 24.7 Å². The number of carbonyl (C=O) groups excluding carboxylic acids is 2. The fourth-order valence-corrected chi connectivity index (χ4v) is 2.09. The van der Waals surface area contributed by atoms with Crippen LogP contribution in [0.15, 0.2) is 34.9 Å². The average molecular weight is 355 g/mol. The van der Waals surface area contributed by atoms with Gasteiger partial charge in [-0.15, -0.1) is 0 Å². The van der Waals surface area contributed by atoms with Crippen molar-refractivity contribution in [3.63, 3.8) is 0 Å². The largest absolute Gasteiger partial charge is 0.416 e. The fraction of sp³-hybridized carbons (Fsp3) is 0.312. The number of carbonyl (C=O) groups is 2. The Bertz CT molecular complexity index is 754. The highest BCUT2D eigenvalue weighted by Crippen LogP contribution is 2.29. The molecule has 1 aromatic carbocycles. The maximum Gasteiger partial charge on any atom is 0.416 e. The van der Waals surface area contributed by atoms with Crippen LogP contribution in [0.5, 0.6) is 0 Å². The summed E-state index contributed by atoms with van der Waals surface area (Å²) in [6, 6.07) is 5.68. The van der Waals surface area contributed by atoms with E-state index < -0.39 is 17.6 Å². The number of anilines is 2. The Morgan fingerprint density at radius 2 is 1.88 bits per heavy atom. The number of nitrogens with zero attached hydrogens (tertiary/aromatic N) is 2. The molecule has 0 radical (unpaired) electrons. The van der Waals surface area contributed by atoms with Gasteiger partial charge in [0.05, 0.1) is 5.56 Å². The highest BCUT2D eigenvalue weighted by molar-refractivity contribution is 5.94. The minimum Gasteiger partial charge on any atom is -0.360 e. The molecule has 6 nitrogen and oxygen atoms in total. The number of amides is 2. The second-order valence-electron chi connectivity index (χ2n) is 5.34. The number of aromatic nitrogens is 1. The predicted octanol–water partition coefficient (Wildman–Crippen LogP) is 3.38. The molecule has 0 saturated heterocycles. The first-order valence-electron chi connectivity index (χ1n) is 7.35. The zero-order chi connectivity index (χ0) is 18.6. The second kappa shape index (κ2) is 7.37. The Morgan fingerprint density at radius 1 is 1.24 bits per heavy atom. The molecule has 0 aliphatic rings.